The molecule has 2 aromatic heterocycles. The van der Waals surface area contributed by atoms with Gasteiger partial charge in [-0.2, -0.15) is 9.97 Å². The molecule has 28 heteroatoms. The first-order valence-electron chi connectivity index (χ1n) is 28.3. The van der Waals surface area contributed by atoms with Gasteiger partial charge in [-0.1, -0.05) is 81.7 Å². The second-order valence-electron chi connectivity index (χ2n) is 24.2. The van der Waals surface area contributed by atoms with Crippen LogP contribution in [-0.4, -0.2) is 172 Å². The van der Waals surface area contributed by atoms with Crippen molar-refractivity contribution in [1.29, 1.82) is 0 Å². The van der Waals surface area contributed by atoms with Crippen LogP contribution in [0.3, 0.4) is 0 Å². The molecule has 0 bridgehead atoms. The summed E-state index contributed by atoms with van der Waals surface area (Å²) in [6.45, 7) is 19.6. The van der Waals surface area contributed by atoms with Crippen LogP contribution in [0, 0.1) is 48.3 Å². The van der Waals surface area contributed by atoms with E-state index < -0.39 is 46.9 Å². The van der Waals surface area contributed by atoms with Crippen LogP contribution < -0.4 is 20.4 Å². The number of halogens is 6. The third-order valence-corrected chi connectivity index (χ3v) is 19.9. The Labute approximate surface area is 530 Å². The number of aliphatic hydroxyl groups is 2. The third kappa shape index (κ3) is 16.1. The van der Waals surface area contributed by atoms with E-state index in [1.165, 1.54) is 25.7 Å². The second kappa shape index (κ2) is 29.2. The van der Waals surface area contributed by atoms with E-state index in [2.05, 4.69) is 40.2 Å². The zero-order valence-corrected chi connectivity index (χ0v) is 53.2. The smallest absolute Gasteiger partial charge is 0.335 e. The normalized spacial score (nSPS) is 25.4. The molecule has 6 fully saturated rings. The average molecular weight is 1320 g/mol. The zero-order chi connectivity index (χ0) is 61.3. The summed E-state index contributed by atoms with van der Waals surface area (Å²) in [5, 5.41) is 61.7. The molecule has 0 amide bonds. The second-order valence-corrected chi connectivity index (χ2v) is 26.6. The number of nitrogens with one attached hydrogen (secondary N) is 2. The van der Waals surface area contributed by atoms with Crippen molar-refractivity contribution in [2.75, 3.05) is 72.8 Å². The quantitative estimate of drug-likeness (QED) is 0.0489. The molecule has 6 atom stereocenters. The summed E-state index contributed by atoms with van der Waals surface area (Å²) in [6, 6.07) is 11.5. The van der Waals surface area contributed by atoms with Gasteiger partial charge in [0.25, 0.3) is 0 Å². The number of carbonyl (C=O) groups is 4. The van der Waals surface area contributed by atoms with E-state index in [-0.39, 0.29) is 23.0 Å². The van der Waals surface area contributed by atoms with Gasteiger partial charge in [-0.15, -0.1) is 0 Å². The van der Waals surface area contributed by atoms with Gasteiger partial charge in [0.05, 0.1) is 34.3 Å². The Balaban J connectivity index is 0.000000233. The molecule has 4 saturated heterocycles. The number of hydrogen-bond acceptors (Lipinski definition) is 16. The molecule has 0 radical (unpaired) electrons. The van der Waals surface area contributed by atoms with Crippen LogP contribution in [0.15, 0.2) is 36.4 Å². The molecule has 6 heterocycles. The van der Waals surface area contributed by atoms with Crippen LogP contribution in [-0.2, 0) is 19.2 Å². The number of hydrogen-bond donors (Lipinski definition) is 8. The van der Waals surface area contributed by atoms with Gasteiger partial charge < -0.3 is 71.8 Å². The molecule has 12 N–H and O–H groups in total. The van der Waals surface area contributed by atoms with Gasteiger partial charge in [-0.3, -0.25) is 9.59 Å². The van der Waals surface area contributed by atoms with E-state index in [9.17, 15) is 29.4 Å². The molecule has 2 saturated carbocycles. The van der Waals surface area contributed by atoms with Crippen molar-refractivity contribution in [3.05, 3.63) is 89.0 Å². The van der Waals surface area contributed by atoms with Crippen LogP contribution in [0.25, 0.3) is 0 Å². The van der Waals surface area contributed by atoms with Gasteiger partial charge in [0, 0.05) is 71.4 Å². The molecule has 4 aromatic rings. The Kier molecular flexibility index (Phi) is 23.9. The van der Waals surface area contributed by atoms with Gasteiger partial charge in [0.15, 0.2) is 23.8 Å². The number of nitrogens with zero attached hydrogens (tertiary/aromatic N) is 8. The van der Waals surface area contributed by atoms with Crippen molar-refractivity contribution in [2.24, 2.45) is 34.5 Å². The van der Waals surface area contributed by atoms with Crippen molar-refractivity contribution in [1.82, 2.24) is 29.7 Å². The predicted octanol–water partition coefficient (Wildman–Crippen LogP) is 8.87. The number of aliphatic carboxylic acids is 4. The van der Waals surface area contributed by atoms with Gasteiger partial charge in [0.1, 0.15) is 10.0 Å². The summed E-state index contributed by atoms with van der Waals surface area (Å²) in [7, 11) is 0. The van der Waals surface area contributed by atoms with Crippen molar-refractivity contribution >= 4 is 117 Å². The lowest BCUT2D eigenvalue weighted by molar-refractivity contribution is -0.165. The van der Waals surface area contributed by atoms with Crippen molar-refractivity contribution in [2.45, 2.75) is 129 Å². The highest BCUT2D eigenvalue weighted by Crippen LogP contribution is 2.47. The summed E-state index contributed by atoms with van der Waals surface area (Å²) in [5.41, 5.74) is 2.22. The number of carboxylic acids is 4. The van der Waals surface area contributed by atoms with Gasteiger partial charge in [0.2, 0.25) is 11.9 Å². The van der Waals surface area contributed by atoms with Gasteiger partial charge in [-0.05, 0) is 165 Å². The molecular formula is C58H78Cl6N10O12. The summed E-state index contributed by atoms with van der Waals surface area (Å²) in [6.07, 6.45) is 3.33. The van der Waals surface area contributed by atoms with Crippen LogP contribution >= 0.6 is 69.6 Å². The Hall–Kier alpha value is -4.82. The maximum Gasteiger partial charge on any atom is 0.335 e. The topological polar surface area (TPSA) is 341 Å². The van der Waals surface area contributed by atoms with E-state index in [4.69, 9.17) is 100.0 Å². The maximum absolute atomic E-state index is 11.5. The van der Waals surface area contributed by atoms with E-state index in [1.54, 1.807) is 12.1 Å². The summed E-state index contributed by atoms with van der Waals surface area (Å²) >= 11 is 38.1. The van der Waals surface area contributed by atoms with Gasteiger partial charge in [-0.25, -0.2) is 19.6 Å². The number of aryl methyl sites for hydroxylation is 2. The monoisotopic (exact) mass is 1320 g/mol. The fraction of sp³-hybridized carbons (Fsp3) is 0.586. The highest BCUT2D eigenvalue weighted by Gasteiger charge is 2.51. The number of anilines is 4. The molecule has 2 aliphatic carbocycles. The first-order valence-corrected chi connectivity index (χ1v) is 30.6. The number of aromatic nitrogens is 4. The Bertz CT molecular complexity index is 2880. The summed E-state index contributed by atoms with van der Waals surface area (Å²) < 4.78 is 0. The highest BCUT2D eigenvalue weighted by molar-refractivity contribution is 6.36. The molecule has 10 rings (SSSR count). The number of piperidine rings is 2. The summed E-state index contributed by atoms with van der Waals surface area (Å²) in [5.74, 6) is 0.160. The zero-order valence-electron chi connectivity index (χ0n) is 48.7. The van der Waals surface area contributed by atoms with Crippen LogP contribution in [0.5, 0.6) is 0 Å². The van der Waals surface area contributed by atoms with Crippen molar-refractivity contribution < 1.29 is 60.8 Å². The molecule has 474 valence electrons. The predicted molar refractivity (Wildman–Crippen MR) is 333 cm³/mol. The van der Waals surface area contributed by atoms with Gasteiger partial charge >= 0.3 is 23.9 Å². The minimum atomic E-state index is -2.27. The molecule has 0 unspecified atom stereocenters. The number of aliphatic hydroxyl groups excluding tert-OH is 2. The molecule has 22 nitrogen and oxygen atoms in total. The minimum Gasteiger partial charge on any atom is -0.481 e. The lowest BCUT2D eigenvalue weighted by atomic mass is 9.65. The fourth-order valence-electron chi connectivity index (χ4n) is 12.4. The maximum atomic E-state index is 11.5. The van der Waals surface area contributed by atoms with E-state index >= 15 is 0 Å². The molecule has 2 aromatic carbocycles. The van der Waals surface area contributed by atoms with E-state index in [0.29, 0.717) is 89.4 Å². The third-order valence-electron chi connectivity index (χ3n) is 17.9. The van der Waals surface area contributed by atoms with E-state index in [1.807, 2.05) is 65.8 Å². The standard InChI is InChI=1S/2C27H34Cl3N5O2.C4H6O6.2H2O/c2*1-15(21-7-6-19(28)9-22(21)29)31-24-23(30)16(2)32-26(33-24)35-13-18(14-35)17-5-4-8-34(12-17)20-10-27(3,11-20)25(36)37;5-1(3(7)8)2(6)4(9)10;;/h2*6-7,9,15,17-18,20H,4-5,8,10-14H2,1-3H3,(H,36,37)(H,31,32,33);1-2,5-6H,(H,7,8)(H,9,10);2*1H2/t2*15-,17+,20?,27?;1-,2-;;/m111../s1. The number of rotatable bonds is 17. The van der Waals surface area contributed by atoms with Crippen LogP contribution in [0.1, 0.15) is 114 Å². The average Bonchev–Trinajstić information content (AvgIpc) is 1.33. The lowest BCUT2D eigenvalue weighted by Crippen LogP contribution is -2.58. The fourth-order valence-corrected chi connectivity index (χ4v) is 13.8. The first-order chi connectivity index (χ1) is 39.5. The largest absolute Gasteiger partial charge is 0.481 e. The van der Waals surface area contributed by atoms with Crippen molar-refractivity contribution in [3.63, 3.8) is 0 Å². The molecule has 4 aliphatic heterocycles. The summed E-state index contributed by atoms with van der Waals surface area (Å²) in [4.78, 5) is 71.0. The number of carboxylic acid groups (broad SMARTS) is 4. The SMILES string of the molecule is Cc1nc(N2CC([C@H]3CCCN(C4CC(C)(C(=O)O)C4)C3)C2)nc(N[C@H](C)c2ccc(Cl)cc2Cl)c1Cl.Cc1nc(N2CC([C@H]3CCCN(C4CC(C)(C(=O)O)C4)C3)C2)nc(N[C@H](C)c2ccc(Cl)cc2Cl)c1Cl.O.O.O=C(O)[C@H](O)[C@@H](O)C(=O)O. The number of benzene rings is 2. The minimum absolute atomic E-state index is 0. The first kappa shape index (κ1) is 70.3. The van der Waals surface area contributed by atoms with E-state index in [0.717, 1.165) is 101 Å². The van der Waals surface area contributed by atoms with Crippen molar-refractivity contribution in [3.8, 4) is 0 Å². The molecule has 6 aliphatic rings. The Morgan fingerprint density at radius 3 is 1.19 bits per heavy atom. The van der Waals surface area contributed by atoms with Crippen LogP contribution in [0.2, 0.25) is 30.1 Å². The van der Waals surface area contributed by atoms with Crippen LogP contribution in [0.4, 0.5) is 23.5 Å². The Morgan fingerprint density at radius 1 is 0.547 bits per heavy atom. The lowest BCUT2D eigenvalue weighted by Gasteiger charge is -2.52. The number of likely N-dealkylation sites (tertiary alicyclic amines) is 2. The molecule has 0 spiro atoms. The molecular weight excluding hydrogens is 1240 g/mol. The molecule has 86 heavy (non-hydrogen) atoms. The Morgan fingerprint density at radius 2 is 0.884 bits per heavy atom. The highest BCUT2D eigenvalue weighted by atomic mass is 35.5.